The van der Waals surface area contributed by atoms with Crippen molar-refractivity contribution in [3.05, 3.63) is 59.7 Å². The van der Waals surface area contributed by atoms with Crippen molar-refractivity contribution in [1.82, 2.24) is 14.9 Å². The summed E-state index contributed by atoms with van der Waals surface area (Å²) in [5, 5.41) is 4.24. The summed E-state index contributed by atoms with van der Waals surface area (Å²) in [6.07, 6.45) is 1.11. The minimum Gasteiger partial charge on any atom is -0.342 e. The first-order valence-electron chi connectivity index (χ1n) is 7.28. The van der Waals surface area contributed by atoms with Gasteiger partial charge in [0.15, 0.2) is 0 Å². The van der Waals surface area contributed by atoms with Gasteiger partial charge in [-0.1, -0.05) is 22.9 Å². The van der Waals surface area contributed by atoms with E-state index in [9.17, 15) is 12.8 Å². The van der Waals surface area contributed by atoms with E-state index in [1.54, 1.807) is 12.1 Å². The van der Waals surface area contributed by atoms with E-state index >= 15 is 0 Å². The fourth-order valence-electron chi connectivity index (χ4n) is 2.22. The Balaban J connectivity index is 1.81. The van der Waals surface area contributed by atoms with Crippen LogP contribution in [-0.2, 0) is 16.6 Å². The lowest BCUT2D eigenvalue weighted by atomic mass is 10.1. The third kappa shape index (κ3) is 3.92. The molecule has 130 valence electrons. The van der Waals surface area contributed by atoms with Gasteiger partial charge in [0.1, 0.15) is 5.82 Å². The third-order valence-corrected chi connectivity index (χ3v) is 5.57. The Bertz CT molecular complexity index is 990. The highest BCUT2D eigenvalue weighted by Crippen LogP contribution is 2.20. The largest absolute Gasteiger partial charge is 0.342 e. The molecule has 25 heavy (non-hydrogen) atoms. The first kappa shape index (κ1) is 17.7. The Morgan fingerprint density at radius 2 is 1.96 bits per heavy atom. The molecule has 1 heterocycles. The lowest BCUT2D eigenvalue weighted by Gasteiger charge is -2.11. The second-order valence-electron chi connectivity index (χ2n) is 5.42. The van der Waals surface area contributed by atoms with E-state index in [0.717, 1.165) is 12.0 Å². The van der Waals surface area contributed by atoms with Gasteiger partial charge in [-0.15, -0.1) is 9.24 Å². The third-order valence-electron chi connectivity index (χ3n) is 3.62. The Hall–Kier alpha value is -2.15. The Kier molecular flexibility index (Phi) is 4.94. The highest BCUT2D eigenvalue weighted by molar-refractivity contribution is 7.89. The molecule has 1 N–H and O–H groups in total. The summed E-state index contributed by atoms with van der Waals surface area (Å²) < 4.78 is 46.0. The molecule has 0 saturated carbocycles. The van der Waals surface area contributed by atoms with E-state index in [0.29, 0.717) is 10.9 Å². The van der Waals surface area contributed by atoms with Crippen LogP contribution in [0, 0.1) is 12.7 Å². The summed E-state index contributed by atoms with van der Waals surface area (Å²) >= 11 is 0. The smallest absolute Gasteiger partial charge is 0.240 e. The van der Waals surface area contributed by atoms with Gasteiger partial charge < -0.3 is 4.52 Å². The van der Waals surface area contributed by atoms with Crippen LogP contribution in [0.1, 0.15) is 11.1 Å². The van der Waals surface area contributed by atoms with E-state index < -0.39 is 15.8 Å². The molecule has 6 nitrogen and oxygen atoms in total. The first-order chi connectivity index (χ1) is 11.9. The van der Waals surface area contributed by atoms with E-state index in [-0.39, 0.29) is 22.8 Å². The van der Waals surface area contributed by atoms with Crippen molar-refractivity contribution >= 4 is 24.6 Å². The molecule has 0 radical (unpaired) electrons. The molecule has 0 bridgehead atoms. The molecule has 0 saturated heterocycles. The normalized spacial score (nSPS) is 11.6. The summed E-state index contributed by atoms with van der Waals surface area (Å²) in [5.74, 6) is -0.426. The molecule has 9 heteroatoms. The molecule has 2 aromatic carbocycles. The fraction of sp³-hybridized carbons (Fsp3) is 0.125. The number of benzene rings is 2. The van der Waals surface area contributed by atoms with Gasteiger partial charge in [0.05, 0.1) is 10.5 Å². The standard InChI is InChI=1S/C16H15FN3O3PS/c1-10-2-4-12(5-3-10)25(21,22)19-8-11-6-14(17)13(7-15(11)24)16-18-9-23-20-16/h2-7,9,19H,8,24H2,1H3. The Labute approximate surface area is 146 Å². The average Bonchev–Trinajstić information content (AvgIpc) is 3.10. The highest BCUT2D eigenvalue weighted by Gasteiger charge is 2.16. The van der Waals surface area contributed by atoms with Crippen LogP contribution in [0.4, 0.5) is 4.39 Å². The van der Waals surface area contributed by atoms with Gasteiger partial charge >= 0.3 is 0 Å². The number of aryl methyl sites for hydroxylation is 1. The summed E-state index contributed by atoms with van der Waals surface area (Å²) in [6.45, 7) is 1.83. The molecule has 0 spiro atoms. The number of hydrogen-bond acceptors (Lipinski definition) is 5. The van der Waals surface area contributed by atoms with Crippen LogP contribution in [0.15, 0.2) is 52.2 Å². The molecular weight excluding hydrogens is 364 g/mol. The van der Waals surface area contributed by atoms with E-state index in [1.807, 2.05) is 6.92 Å². The average molecular weight is 379 g/mol. The topological polar surface area (TPSA) is 85.1 Å². The number of rotatable bonds is 5. The lowest BCUT2D eigenvalue weighted by Crippen LogP contribution is -2.25. The van der Waals surface area contributed by atoms with Gasteiger partial charge in [-0.3, -0.25) is 0 Å². The van der Waals surface area contributed by atoms with Crippen LogP contribution in [0.5, 0.6) is 0 Å². The second-order valence-corrected chi connectivity index (χ2v) is 7.81. The molecule has 1 unspecified atom stereocenters. The lowest BCUT2D eigenvalue weighted by molar-refractivity contribution is 0.418. The quantitative estimate of drug-likeness (QED) is 0.687. The number of nitrogens with zero attached hydrogens (tertiary/aromatic N) is 2. The van der Waals surface area contributed by atoms with Gasteiger partial charge in [-0.05, 0) is 42.1 Å². The fourth-order valence-corrected chi connectivity index (χ4v) is 3.58. The predicted octanol–water partition coefficient (Wildman–Crippen LogP) is 2.16. The summed E-state index contributed by atoms with van der Waals surface area (Å²) in [6, 6.07) is 9.27. The molecular formula is C16H15FN3O3PS. The maximum Gasteiger partial charge on any atom is 0.240 e. The molecule has 3 aromatic rings. The number of sulfonamides is 1. The van der Waals surface area contributed by atoms with E-state index in [2.05, 4.69) is 28.6 Å². The van der Waals surface area contributed by atoms with Gasteiger partial charge in [0, 0.05) is 6.54 Å². The second kappa shape index (κ2) is 7.00. The van der Waals surface area contributed by atoms with E-state index in [1.165, 1.54) is 24.3 Å². The van der Waals surface area contributed by atoms with Crippen LogP contribution in [-0.4, -0.2) is 18.6 Å². The van der Waals surface area contributed by atoms with E-state index in [4.69, 9.17) is 0 Å². The Morgan fingerprint density at radius 1 is 1.24 bits per heavy atom. The van der Waals surface area contributed by atoms with Crippen molar-refractivity contribution < 1.29 is 17.3 Å². The van der Waals surface area contributed by atoms with Crippen LogP contribution in [0.2, 0.25) is 0 Å². The van der Waals surface area contributed by atoms with Crippen LogP contribution in [0.3, 0.4) is 0 Å². The zero-order chi connectivity index (χ0) is 18.0. The summed E-state index contributed by atoms with van der Waals surface area (Å²) in [7, 11) is -1.23. The minimum absolute atomic E-state index is 0.0432. The monoisotopic (exact) mass is 379 g/mol. The molecule has 0 aliphatic rings. The first-order valence-corrected chi connectivity index (χ1v) is 9.34. The van der Waals surface area contributed by atoms with Crippen molar-refractivity contribution in [3.8, 4) is 11.4 Å². The highest BCUT2D eigenvalue weighted by atomic mass is 32.2. The maximum atomic E-state index is 14.3. The summed E-state index contributed by atoms with van der Waals surface area (Å²) in [4.78, 5) is 3.97. The van der Waals surface area contributed by atoms with Crippen LogP contribution >= 0.6 is 9.24 Å². The summed E-state index contributed by atoms with van der Waals surface area (Å²) in [5.41, 5.74) is 1.64. The van der Waals surface area contributed by atoms with Crippen molar-refractivity contribution in [2.75, 3.05) is 0 Å². The van der Waals surface area contributed by atoms with Gasteiger partial charge in [-0.2, -0.15) is 4.98 Å². The minimum atomic E-state index is -3.68. The van der Waals surface area contributed by atoms with Crippen molar-refractivity contribution in [1.29, 1.82) is 0 Å². The number of nitrogens with one attached hydrogen (secondary N) is 1. The molecule has 0 amide bonds. The maximum absolute atomic E-state index is 14.3. The van der Waals surface area contributed by atoms with Gasteiger partial charge in [0.2, 0.25) is 22.2 Å². The zero-order valence-electron chi connectivity index (χ0n) is 13.2. The molecule has 0 aliphatic heterocycles. The molecule has 1 atom stereocenters. The van der Waals surface area contributed by atoms with Gasteiger partial charge in [-0.25, -0.2) is 17.5 Å². The molecule has 0 aliphatic carbocycles. The Morgan fingerprint density at radius 3 is 2.60 bits per heavy atom. The number of aromatic nitrogens is 2. The zero-order valence-corrected chi connectivity index (χ0v) is 15.2. The van der Waals surface area contributed by atoms with Crippen molar-refractivity contribution in [2.24, 2.45) is 0 Å². The molecule has 3 rings (SSSR count). The van der Waals surface area contributed by atoms with Crippen molar-refractivity contribution in [3.63, 3.8) is 0 Å². The van der Waals surface area contributed by atoms with Crippen LogP contribution in [0.25, 0.3) is 11.4 Å². The van der Waals surface area contributed by atoms with Crippen molar-refractivity contribution in [2.45, 2.75) is 18.4 Å². The number of halogens is 1. The van der Waals surface area contributed by atoms with Gasteiger partial charge in [0.25, 0.3) is 0 Å². The molecule has 0 fully saturated rings. The number of hydrogen-bond donors (Lipinski definition) is 1. The SMILES string of the molecule is Cc1ccc(S(=O)(=O)NCc2cc(F)c(-c3ncon3)cc2P)cc1. The predicted molar refractivity (Wildman–Crippen MR) is 94.2 cm³/mol. The molecule has 1 aromatic heterocycles. The van der Waals surface area contributed by atoms with Crippen LogP contribution < -0.4 is 10.0 Å².